The first kappa shape index (κ1) is 20.8. The second-order valence-electron chi connectivity index (χ2n) is 9.81. The molecule has 8 heteroatoms. The van der Waals surface area contributed by atoms with Crippen molar-refractivity contribution in [1.82, 2.24) is 29.9 Å². The average Bonchev–Trinajstić information content (AvgIpc) is 3.34. The third-order valence-electron chi connectivity index (χ3n) is 7.22. The minimum atomic E-state index is 0.238. The SMILES string of the molecule is CCCCc1cn([C@@H]2C[C@@H]3CN(Cc4cnc(N)nc4)C[C@@H]3C[C@H]2OCC2CC2)nn1. The molecule has 3 aliphatic rings. The van der Waals surface area contributed by atoms with Gasteiger partial charge in [0.25, 0.3) is 0 Å². The zero-order valence-corrected chi connectivity index (χ0v) is 18.6. The Labute approximate surface area is 184 Å². The van der Waals surface area contributed by atoms with E-state index in [9.17, 15) is 0 Å². The molecule has 2 aliphatic carbocycles. The van der Waals surface area contributed by atoms with Crippen molar-refractivity contribution in [1.29, 1.82) is 0 Å². The summed E-state index contributed by atoms with van der Waals surface area (Å²) in [5, 5.41) is 9.00. The third-order valence-corrected chi connectivity index (χ3v) is 7.22. The fourth-order valence-electron chi connectivity index (χ4n) is 5.27. The Bertz CT molecular complexity index is 850. The number of unbranched alkanes of at least 4 members (excludes halogenated alkanes) is 1. The van der Waals surface area contributed by atoms with Crippen molar-refractivity contribution in [2.75, 3.05) is 25.4 Å². The van der Waals surface area contributed by atoms with Gasteiger partial charge in [0.2, 0.25) is 5.95 Å². The topological polar surface area (TPSA) is 95.0 Å². The number of hydrogen-bond acceptors (Lipinski definition) is 7. The van der Waals surface area contributed by atoms with Crippen LogP contribution < -0.4 is 5.73 Å². The first-order valence-electron chi connectivity index (χ1n) is 12.0. The van der Waals surface area contributed by atoms with E-state index in [4.69, 9.17) is 10.5 Å². The summed E-state index contributed by atoms with van der Waals surface area (Å²) >= 11 is 0. The predicted octanol–water partition coefficient (Wildman–Crippen LogP) is 2.87. The smallest absolute Gasteiger partial charge is 0.219 e. The lowest BCUT2D eigenvalue weighted by atomic mass is 9.77. The average molecular weight is 426 g/mol. The number of ether oxygens (including phenoxy) is 1. The predicted molar refractivity (Wildman–Crippen MR) is 118 cm³/mol. The molecule has 3 fully saturated rings. The van der Waals surface area contributed by atoms with E-state index in [0.717, 1.165) is 62.7 Å². The standard InChI is InChI=1S/C23H35N7O/c1-2-3-4-20-14-30(28-27-20)21-7-18-12-29(11-17-9-25-23(24)26-10-17)13-19(18)8-22(21)31-15-16-5-6-16/h9-10,14,16,18-19,21-22H,2-8,11-13,15H2,1H3,(H2,24,25,26)/t18-,19+,21-,22-/m1/s1. The first-order valence-corrected chi connectivity index (χ1v) is 12.0. The Balaban J connectivity index is 1.26. The number of fused-ring (bicyclic) bond motifs is 1. The van der Waals surface area contributed by atoms with Gasteiger partial charge < -0.3 is 10.5 Å². The first-order chi connectivity index (χ1) is 15.2. The van der Waals surface area contributed by atoms with Crippen LogP contribution in [-0.4, -0.2) is 55.7 Å². The Morgan fingerprint density at radius 3 is 2.65 bits per heavy atom. The number of hydrogen-bond donors (Lipinski definition) is 1. The maximum absolute atomic E-state index is 6.50. The van der Waals surface area contributed by atoms with Crippen LogP contribution in [0.15, 0.2) is 18.6 Å². The maximum Gasteiger partial charge on any atom is 0.219 e. The molecule has 168 valence electrons. The number of aryl methyl sites for hydroxylation is 1. The minimum absolute atomic E-state index is 0.238. The summed E-state index contributed by atoms with van der Waals surface area (Å²) in [7, 11) is 0. The number of nitrogens with two attached hydrogens (primary N) is 1. The van der Waals surface area contributed by atoms with Crippen LogP contribution in [0, 0.1) is 17.8 Å². The second kappa shape index (κ2) is 9.20. The lowest BCUT2D eigenvalue weighted by molar-refractivity contribution is -0.0375. The van der Waals surface area contributed by atoms with Crippen molar-refractivity contribution < 1.29 is 4.74 Å². The normalized spacial score (nSPS) is 28.7. The third kappa shape index (κ3) is 5.06. The number of rotatable bonds is 9. The highest BCUT2D eigenvalue weighted by Crippen LogP contribution is 2.43. The van der Waals surface area contributed by atoms with Crippen LogP contribution in [0.4, 0.5) is 5.95 Å². The second-order valence-corrected chi connectivity index (χ2v) is 9.81. The van der Waals surface area contributed by atoms with E-state index in [1.54, 1.807) is 0 Å². The largest absolute Gasteiger partial charge is 0.376 e. The highest BCUT2D eigenvalue weighted by molar-refractivity contribution is 5.17. The van der Waals surface area contributed by atoms with Gasteiger partial charge in [-0.2, -0.15) is 0 Å². The van der Waals surface area contributed by atoms with E-state index < -0.39 is 0 Å². The van der Waals surface area contributed by atoms with Gasteiger partial charge in [-0.05, 0) is 56.3 Å². The van der Waals surface area contributed by atoms with E-state index in [-0.39, 0.29) is 6.10 Å². The van der Waals surface area contributed by atoms with E-state index in [0.29, 0.717) is 23.8 Å². The molecular weight excluding hydrogens is 390 g/mol. The molecule has 0 unspecified atom stereocenters. The number of nitrogens with zero attached hydrogens (tertiary/aromatic N) is 6. The van der Waals surface area contributed by atoms with Crippen LogP contribution in [0.5, 0.6) is 0 Å². The number of nitrogen functional groups attached to an aromatic ring is 1. The van der Waals surface area contributed by atoms with Crippen LogP contribution in [-0.2, 0) is 17.7 Å². The maximum atomic E-state index is 6.50. The van der Waals surface area contributed by atoms with Crippen molar-refractivity contribution in [3.05, 3.63) is 29.8 Å². The van der Waals surface area contributed by atoms with Gasteiger partial charge in [0.1, 0.15) is 0 Å². The van der Waals surface area contributed by atoms with Gasteiger partial charge in [0.15, 0.2) is 0 Å². The monoisotopic (exact) mass is 425 g/mol. The van der Waals surface area contributed by atoms with Gasteiger partial charge >= 0.3 is 0 Å². The molecule has 0 aromatic carbocycles. The quantitative estimate of drug-likeness (QED) is 0.660. The molecule has 1 saturated heterocycles. The highest BCUT2D eigenvalue weighted by Gasteiger charge is 2.44. The molecule has 0 spiro atoms. The molecule has 0 bridgehead atoms. The van der Waals surface area contributed by atoms with Crippen molar-refractivity contribution in [3.8, 4) is 0 Å². The summed E-state index contributed by atoms with van der Waals surface area (Å²) in [5.41, 5.74) is 7.88. The van der Waals surface area contributed by atoms with Crippen LogP contribution in [0.3, 0.4) is 0 Å². The Hall–Kier alpha value is -2.06. The fourth-order valence-corrected chi connectivity index (χ4v) is 5.27. The van der Waals surface area contributed by atoms with Gasteiger partial charge in [0, 0.05) is 50.4 Å². The Morgan fingerprint density at radius 1 is 1.13 bits per heavy atom. The van der Waals surface area contributed by atoms with Gasteiger partial charge in [-0.15, -0.1) is 5.10 Å². The zero-order chi connectivity index (χ0) is 21.2. The van der Waals surface area contributed by atoms with Crippen molar-refractivity contribution >= 4 is 5.95 Å². The summed E-state index contributed by atoms with van der Waals surface area (Å²) < 4.78 is 8.62. The van der Waals surface area contributed by atoms with Gasteiger partial charge in [-0.25, -0.2) is 14.6 Å². The summed E-state index contributed by atoms with van der Waals surface area (Å²) in [6.45, 7) is 6.23. The number of anilines is 1. The molecule has 0 amide bonds. The van der Waals surface area contributed by atoms with Crippen LogP contribution in [0.25, 0.3) is 0 Å². The molecule has 2 saturated carbocycles. The molecule has 8 nitrogen and oxygen atoms in total. The van der Waals surface area contributed by atoms with E-state index in [2.05, 4.69) is 43.0 Å². The van der Waals surface area contributed by atoms with Crippen LogP contribution in [0.2, 0.25) is 0 Å². The minimum Gasteiger partial charge on any atom is -0.376 e. The Kier molecular flexibility index (Phi) is 6.18. The van der Waals surface area contributed by atoms with Crippen molar-refractivity contribution in [2.45, 2.75) is 70.6 Å². The highest BCUT2D eigenvalue weighted by atomic mass is 16.5. The number of aromatic nitrogens is 5. The zero-order valence-electron chi connectivity index (χ0n) is 18.6. The lowest BCUT2D eigenvalue weighted by Crippen LogP contribution is -2.38. The molecule has 3 heterocycles. The Morgan fingerprint density at radius 2 is 1.90 bits per heavy atom. The van der Waals surface area contributed by atoms with Gasteiger partial charge in [-0.3, -0.25) is 4.90 Å². The fraction of sp³-hybridized carbons (Fsp3) is 0.739. The van der Waals surface area contributed by atoms with Crippen molar-refractivity contribution in [2.24, 2.45) is 17.8 Å². The molecule has 0 radical (unpaired) electrons. The van der Waals surface area contributed by atoms with Crippen LogP contribution >= 0.6 is 0 Å². The molecule has 2 aromatic heterocycles. The molecular formula is C23H35N7O. The molecule has 2 aromatic rings. The van der Waals surface area contributed by atoms with E-state index >= 15 is 0 Å². The summed E-state index contributed by atoms with van der Waals surface area (Å²) in [4.78, 5) is 10.8. The summed E-state index contributed by atoms with van der Waals surface area (Å²) in [5.74, 6) is 2.46. The summed E-state index contributed by atoms with van der Waals surface area (Å²) in [6, 6.07) is 0.294. The van der Waals surface area contributed by atoms with E-state index in [1.165, 1.54) is 25.7 Å². The van der Waals surface area contributed by atoms with E-state index in [1.807, 2.05) is 12.4 Å². The molecule has 4 atom stereocenters. The van der Waals surface area contributed by atoms with Crippen molar-refractivity contribution in [3.63, 3.8) is 0 Å². The van der Waals surface area contributed by atoms with Gasteiger partial charge in [0.05, 0.1) is 17.8 Å². The molecule has 1 aliphatic heterocycles. The van der Waals surface area contributed by atoms with Gasteiger partial charge in [-0.1, -0.05) is 18.6 Å². The molecule has 31 heavy (non-hydrogen) atoms. The molecule has 5 rings (SSSR count). The lowest BCUT2D eigenvalue weighted by Gasteiger charge is -2.37. The number of likely N-dealkylation sites (tertiary alicyclic amines) is 1. The van der Waals surface area contributed by atoms with Crippen LogP contribution in [0.1, 0.15) is 62.7 Å². The summed E-state index contributed by atoms with van der Waals surface area (Å²) in [6.07, 6.45) is 14.4. The molecule has 2 N–H and O–H groups in total.